The molecule has 4 nitrogen and oxygen atoms in total. The minimum Gasteiger partial charge on any atom is -0.311 e. The number of nitrogens with zero attached hydrogens (tertiary/aromatic N) is 1. The minimum atomic E-state index is -0.131. The molecule has 0 fully saturated rings. The second-order valence-corrected chi connectivity index (χ2v) is 5.10. The Balaban J connectivity index is 2.31. The van der Waals surface area contributed by atoms with Gasteiger partial charge in [0.15, 0.2) is 0 Å². The van der Waals surface area contributed by atoms with Gasteiger partial charge in [-0.15, -0.1) is 0 Å². The lowest BCUT2D eigenvalue weighted by Crippen LogP contribution is -2.18. The molecule has 0 bridgehead atoms. The van der Waals surface area contributed by atoms with Crippen LogP contribution in [0.3, 0.4) is 0 Å². The number of aromatic nitrogens is 2. The van der Waals surface area contributed by atoms with Crippen LogP contribution in [0.25, 0.3) is 11.4 Å². The summed E-state index contributed by atoms with van der Waals surface area (Å²) in [6.07, 6.45) is 1.06. The Bertz CT molecular complexity index is 610. The molecule has 100 valence electrons. The van der Waals surface area contributed by atoms with Gasteiger partial charge in [0.25, 0.3) is 5.56 Å². The van der Waals surface area contributed by atoms with E-state index in [1.807, 2.05) is 24.3 Å². The lowest BCUT2D eigenvalue weighted by atomic mass is 10.2. The van der Waals surface area contributed by atoms with Crippen molar-refractivity contribution in [2.75, 3.05) is 6.54 Å². The van der Waals surface area contributed by atoms with Crippen molar-refractivity contribution in [3.63, 3.8) is 0 Å². The number of H-pyrrole nitrogens is 1. The van der Waals surface area contributed by atoms with Crippen molar-refractivity contribution in [1.29, 1.82) is 0 Å². The molecule has 5 heteroatoms. The monoisotopic (exact) mass is 321 g/mol. The second-order valence-electron chi connectivity index (χ2n) is 4.24. The maximum atomic E-state index is 11.7. The molecule has 0 atom stereocenters. The number of hydrogen-bond acceptors (Lipinski definition) is 3. The molecule has 1 heterocycles. The van der Waals surface area contributed by atoms with Crippen LogP contribution in [0.5, 0.6) is 0 Å². The molecule has 0 amide bonds. The molecule has 0 spiro atoms. The molecular weight excluding hydrogens is 306 g/mol. The first-order valence-electron chi connectivity index (χ1n) is 6.26. The van der Waals surface area contributed by atoms with Gasteiger partial charge < -0.3 is 10.3 Å². The topological polar surface area (TPSA) is 57.8 Å². The third-order valence-corrected chi connectivity index (χ3v) is 3.35. The van der Waals surface area contributed by atoms with Crippen LogP contribution in [-0.4, -0.2) is 16.5 Å². The van der Waals surface area contributed by atoms with Gasteiger partial charge in [-0.3, -0.25) is 4.79 Å². The highest BCUT2D eigenvalue weighted by Crippen LogP contribution is 2.24. The van der Waals surface area contributed by atoms with Crippen LogP contribution < -0.4 is 10.9 Å². The standard InChI is InChI=1S/C14H16BrN3O/c1-2-7-16-9-10-8-13(19)18-14(17-10)11-5-3-4-6-12(11)15/h3-6,8,16H,2,7,9H2,1H3,(H,17,18,19). The summed E-state index contributed by atoms with van der Waals surface area (Å²) in [6.45, 7) is 3.62. The summed E-state index contributed by atoms with van der Waals surface area (Å²) in [4.78, 5) is 18.9. The summed E-state index contributed by atoms with van der Waals surface area (Å²) in [5.74, 6) is 0.591. The van der Waals surface area contributed by atoms with E-state index in [1.54, 1.807) is 0 Å². The van der Waals surface area contributed by atoms with Crippen LogP contribution in [0, 0.1) is 0 Å². The predicted molar refractivity (Wildman–Crippen MR) is 80.0 cm³/mol. The maximum Gasteiger partial charge on any atom is 0.251 e. The number of benzene rings is 1. The molecule has 0 radical (unpaired) electrons. The van der Waals surface area contributed by atoms with Crippen LogP contribution in [0.4, 0.5) is 0 Å². The molecule has 19 heavy (non-hydrogen) atoms. The van der Waals surface area contributed by atoms with Crippen molar-refractivity contribution in [3.05, 3.63) is 50.9 Å². The Hall–Kier alpha value is -1.46. The zero-order valence-electron chi connectivity index (χ0n) is 10.7. The zero-order chi connectivity index (χ0) is 13.7. The minimum absolute atomic E-state index is 0.131. The molecule has 2 N–H and O–H groups in total. The van der Waals surface area contributed by atoms with Gasteiger partial charge in [0.05, 0.1) is 5.69 Å². The highest BCUT2D eigenvalue weighted by molar-refractivity contribution is 9.10. The molecule has 1 aromatic heterocycles. The predicted octanol–water partition coefficient (Wildman–Crippen LogP) is 2.70. The average molecular weight is 322 g/mol. The van der Waals surface area contributed by atoms with Crippen molar-refractivity contribution < 1.29 is 0 Å². The van der Waals surface area contributed by atoms with Crippen molar-refractivity contribution in [2.24, 2.45) is 0 Å². The molecule has 0 saturated carbocycles. The van der Waals surface area contributed by atoms with Crippen molar-refractivity contribution in [3.8, 4) is 11.4 Å². The van der Waals surface area contributed by atoms with Crippen LogP contribution in [0.15, 0.2) is 39.6 Å². The lowest BCUT2D eigenvalue weighted by Gasteiger charge is -2.06. The smallest absolute Gasteiger partial charge is 0.251 e. The third kappa shape index (κ3) is 3.75. The van der Waals surface area contributed by atoms with Crippen molar-refractivity contribution >= 4 is 15.9 Å². The number of hydrogen-bond donors (Lipinski definition) is 2. The molecule has 2 rings (SSSR count). The van der Waals surface area contributed by atoms with E-state index in [1.165, 1.54) is 6.07 Å². The molecule has 0 unspecified atom stereocenters. The van der Waals surface area contributed by atoms with E-state index in [4.69, 9.17) is 0 Å². The quantitative estimate of drug-likeness (QED) is 0.832. The van der Waals surface area contributed by atoms with Gasteiger partial charge >= 0.3 is 0 Å². The highest BCUT2D eigenvalue weighted by Gasteiger charge is 2.06. The van der Waals surface area contributed by atoms with Gasteiger partial charge in [0.2, 0.25) is 0 Å². The van der Waals surface area contributed by atoms with Gasteiger partial charge in [-0.25, -0.2) is 4.98 Å². The molecule has 2 aromatic rings. The Morgan fingerprint density at radius 2 is 2.16 bits per heavy atom. The van der Waals surface area contributed by atoms with Crippen molar-refractivity contribution in [1.82, 2.24) is 15.3 Å². The fraction of sp³-hybridized carbons (Fsp3) is 0.286. The Kier molecular flexibility index (Phi) is 4.87. The third-order valence-electron chi connectivity index (χ3n) is 2.66. The Labute approximate surface area is 120 Å². The van der Waals surface area contributed by atoms with E-state index in [-0.39, 0.29) is 5.56 Å². The first kappa shape index (κ1) is 14.0. The molecular formula is C14H16BrN3O. The van der Waals surface area contributed by atoms with Crippen LogP contribution >= 0.6 is 15.9 Å². The summed E-state index contributed by atoms with van der Waals surface area (Å²) in [5.41, 5.74) is 1.51. The van der Waals surface area contributed by atoms with Gasteiger partial charge in [-0.2, -0.15) is 0 Å². The molecule has 1 aromatic carbocycles. The Morgan fingerprint density at radius 1 is 1.37 bits per heavy atom. The highest BCUT2D eigenvalue weighted by atomic mass is 79.9. The van der Waals surface area contributed by atoms with E-state index in [0.29, 0.717) is 12.4 Å². The average Bonchev–Trinajstić information content (AvgIpc) is 2.39. The van der Waals surface area contributed by atoms with Crippen LogP contribution in [0.2, 0.25) is 0 Å². The molecule has 0 aliphatic carbocycles. The number of rotatable bonds is 5. The molecule has 0 saturated heterocycles. The largest absolute Gasteiger partial charge is 0.311 e. The van der Waals surface area contributed by atoms with E-state index in [9.17, 15) is 4.79 Å². The number of aromatic amines is 1. The summed E-state index contributed by atoms with van der Waals surface area (Å²) >= 11 is 3.47. The first-order chi connectivity index (χ1) is 9.20. The SMILES string of the molecule is CCCNCc1cc(=O)[nH]c(-c2ccccc2Br)n1. The van der Waals surface area contributed by atoms with E-state index in [0.717, 1.165) is 28.7 Å². The Morgan fingerprint density at radius 3 is 2.89 bits per heavy atom. The number of halogens is 1. The van der Waals surface area contributed by atoms with Gasteiger partial charge in [-0.05, 0) is 19.0 Å². The second kappa shape index (κ2) is 6.63. The van der Waals surface area contributed by atoms with E-state index < -0.39 is 0 Å². The first-order valence-corrected chi connectivity index (χ1v) is 7.06. The maximum absolute atomic E-state index is 11.7. The zero-order valence-corrected chi connectivity index (χ0v) is 12.3. The fourth-order valence-corrected chi connectivity index (χ4v) is 2.25. The normalized spacial score (nSPS) is 10.6. The number of nitrogens with one attached hydrogen (secondary N) is 2. The van der Waals surface area contributed by atoms with E-state index >= 15 is 0 Å². The molecule has 0 aliphatic rings. The van der Waals surface area contributed by atoms with E-state index in [2.05, 4.69) is 38.1 Å². The fourth-order valence-electron chi connectivity index (χ4n) is 1.77. The summed E-state index contributed by atoms with van der Waals surface area (Å²) in [7, 11) is 0. The lowest BCUT2D eigenvalue weighted by molar-refractivity contribution is 0.662. The van der Waals surface area contributed by atoms with Gasteiger partial charge in [0, 0.05) is 22.6 Å². The van der Waals surface area contributed by atoms with Crippen molar-refractivity contribution in [2.45, 2.75) is 19.9 Å². The molecule has 0 aliphatic heterocycles. The van der Waals surface area contributed by atoms with Gasteiger partial charge in [0.1, 0.15) is 5.82 Å². The summed E-state index contributed by atoms with van der Waals surface area (Å²) in [5, 5.41) is 3.24. The van der Waals surface area contributed by atoms with Crippen LogP contribution in [-0.2, 0) is 6.54 Å². The summed E-state index contributed by atoms with van der Waals surface area (Å²) in [6, 6.07) is 9.23. The van der Waals surface area contributed by atoms with Crippen LogP contribution in [0.1, 0.15) is 19.0 Å². The summed E-state index contributed by atoms with van der Waals surface area (Å²) < 4.78 is 0.914. The van der Waals surface area contributed by atoms with Gasteiger partial charge in [-0.1, -0.05) is 41.1 Å².